The van der Waals surface area contributed by atoms with Gasteiger partial charge in [-0.25, -0.2) is 8.42 Å². The molecule has 0 aliphatic heterocycles. The molecular weight excluding hydrogens is 324 g/mol. The molecule has 2 aromatic rings. The summed E-state index contributed by atoms with van der Waals surface area (Å²) >= 11 is 0. The number of hydrogen-bond acceptors (Lipinski definition) is 3. The van der Waals surface area contributed by atoms with Crippen LogP contribution in [0.5, 0.6) is 0 Å². The highest BCUT2D eigenvalue weighted by Crippen LogP contribution is 2.19. The van der Waals surface area contributed by atoms with E-state index in [4.69, 9.17) is 0 Å². The maximum absolute atomic E-state index is 12.8. The van der Waals surface area contributed by atoms with E-state index in [1.165, 1.54) is 11.8 Å². The van der Waals surface area contributed by atoms with Crippen molar-refractivity contribution in [3.63, 3.8) is 0 Å². The number of carbonyl (C=O) groups excluding carboxylic acids is 1. The number of rotatable bonds is 5. The molecule has 6 heteroatoms. The Morgan fingerprint density at radius 3 is 2.46 bits per heavy atom. The first-order valence-corrected chi connectivity index (χ1v) is 10.1. The third-order valence-corrected chi connectivity index (χ3v) is 4.95. The van der Waals surface area contributed by atoms with Gasteiger partial charge in [-0.05, 0) is 51.3 Å². The largest absolute Gasteiger partial charge is 0.338 e. The van der Waals surface area contributed by atoms with E-state index in [1.807, 2.05) is 56.7 Å². The molecule has 5 nitrogen and oxygen atoms in total. The summed E-state index contributed by atoms with van der Waals surface area (Å²) < 4.78 is 24.8. The zero-order chi connectivity index (χ0) is 18.1. The summed E-state index contributed by atoms with van der Waals surface area (Å²) in [5.41, 5.74) is 1.75. The van der Waals surface area contributed by atoms with Gasteiger partial charge < -0.3 is 9.47 Å². The van der Waals surface area contributed by atoms with E-state index in [2.05, 4.69) is 6.07 Å². The van der Waals surface area contributed by atoms with E-state index in [-0.39, 0.29) is 24.7 Å². The van der Waals surface area contributed by atoms with E-state index in [9.17, 15) is 13.2 Å². The topological polar surface area (TPSA) is 59.4 Å². The van der Waals surface area contributed by atoms with Gasteiger partial charge in [0.25, 0.3) is 0 Å². The van der Waals surface area contributed by atoms with Crippen molar-refractivity contribution in [3.8, 4) is 0 Å². The summed E-state index contributed by atoms with van der Waals surface area (Å²) in [6, 6.07) is 8.11. The van der Waals surface area contributed by atoms with Crippen LogP contribution in [0.15, 0.2) is 30.5 Å². The second-order valence-electron chi connectivity index (χ2n) is 7.35. The number of amides is 1. The molecule has 0 fully saturated rings. The Bertz CT molecular complexity index is 845. The molecule has 0 N–H and O–H groups in total. The van der Waals surface area contributed by atoms with E-state index < -0.39 is 15.4 Å². The number of nitrogens with zero attached hydrogens (tertiary/aromatic N) is 2. The highest BCUT2D eigenvalue weighted by molar-refractivity contribution is 7.90. The van der Waals surface area contributed by atoms with E-state index in [0.29, 0.717) is 0 Å². The lowest BCUT2D eigenvalue weighted by atomic mass is 10.1. The Hall–Kier alpha value is -1.82. The normalized spacial score (nSPS) is 12.5. The van der Waals surface area contributed by atoms with Gasteiger partial charge >= 0.3 is 0 Å². The molecule has 1 aromatic heterocycles. The zero-order valence-electron chi connectivity index (χ0n) is 15.0. The first kappa shape index (κ1) is 18.5. The quantitative estimate of drug-likeness (QED) is 0.833. The number of fused-ring (bicyclic) bond motifs is 1. The molecule has 0 aliphatic rings. The van der Waals surface area contributed by atoms with Crippen molar-refractivity contribution in [1.82, 2.24) is 9.47 Å². The van der Waals surface area contributed by atoms with Crippen LogP contribution >= 0.6 is 0 Å². The van der Waals surface area contributed by atoms with Gasteiger partial charge in [-0.1, -0.05) is 11.6 Å². The molecular formula is C18H26N2O3S. The van der Waals surface area contributed by atoms with E-state index in [1.54, 1.807) is 4.90 Å². The fraction of sp³-hybridized carbons (Fsp3) is 0.500. The minimum absolute atomic E-state index is 0.0262. The maximum Gasteiger partial charge on any atom is 0.242 e. The van der Waals surface area contributed by atoms with Crippen LogP contribution in [0.25, 0.3) is 10.9 Å². The first-order chi connectivity index (χ1) is 11.0. The second-order valence-corrected chi connectivity index (χ2v) is 9.61. The molecule has 0 saturated heterocycles. The van der Waals surface area contributed by atoms with Crippen LogP contribution in [0.4, 0.5) is 0 Å². The summed E-state index contributed by atoms with van der Waals surface area (Å²) in [7, 11) is -3.12. The van der Waals surface area contributed by atoms with Crippen LogP contribution in [0.3, 0.4) is 0 Å². The molecule has 1 heterocycles. The van der Waals surface area contributed by atoms with Crippen molar-refractivity contribution in [1.29, 1.82) is 0 Å². The lowest BCUT2D eigenvalue weighted by molar-refractivity contribution is -0.136. The number of benzene rings is 1. The van der Waals surface area contributed by atoms with Crippen molar-refractivity contribution >= 4 is 26.6 Å². The standard InChI is InChI=1S/C18H26N2O3S/c1-14-6-7-16-15(12-14)8-9-19(16)13-17(21)20(18(2,3)4)10-11-24(5,22)23/h6-9,12H,10-11,13H2,1-5H3. The molecule has 0 radical (unpaired) electrons. The average molecular weight is 350 g/mol. The Morgan fingerprint density at radius 1 is 1.21 bits per heavy atom. The average Bonchev–Trinajstić information content (AvgIpc) is 2.78. The summed E-state index contributed by atoms with van der Waals surface area (Å²) in [6.07, 6.45) is 3.10. The SMILES string of the molecule is Cc1ccc2c(ccn2CC(=O)N(CCS(C)(=O)=O)C(C)(C)C)c1. The molecule has 0 atom stereocenters. The Balaban J connectivity index is 2.23. The minimum Gasteiger partial charge on any atom is -0.338 e. The van der Waals surface area contributed by atoms with Gasteiger partial charge in [-0.2, -0.15) is 0 Å². The van der Waals surface area contributed by atoms with Crippen molar-refractivity contribution < 1.29 is 13.2 Å². The Labute approximate surface area is 144 Å². The van der Waals surface area contributed by atoms with Crippen molar-refractivity contribution in [3.05, 3.63) is 36.0 Å². The molecule has 2 rings (SSSR count). The number of aryl methyl sites for hydroxylation is 1. The first-order valence-electron chi connectivity index (χ1n) is 8.01. The molecule has 24 heavy (non-hydrogen) atoms. The lowest BCUT2D eigenvalue weighted by Crippen LogP contribution is -2.48. The van der Waals surface area contributed by atoms with Crippen molar-refractivity contribution in [2.24, 2.45) is 0 Å². The summed E-state index contributed by atoms with van der Waals surface area (Å²) in [5, 5.41) is 1.10. The van der Waals surface area contributed by atoms with Crippen molar-refractivity contribution in [2.45, 2.75) is 39.8 Å². The van der Waals surface area contributed by atoms with E-state index in [0.717, 1.165) is 10.9 Å². The number of sulfone groups is 1. The van der Waals surface area contributed by atoms with Gasteiger partial charge in [0.15, 0.2) is 0 Å². The molecule has 0 bridgehead atoms. The predicted octanol–water partition coefficient (Wildman–Crippen LogP) is 2.62. The molecule has 1 amide bonds. The fourth-order valence-electron chi connectivity index (χ4n) is 2.78. The zero-order valence-corrected chi connectivity index (χ0v) is 15.9. The summed E-state index contributed by atoms with van der Waals surface area (Å²) in [5.74, 6) is -0.106. The Morgan fingerprint density at radius 2 is 1.88 bits per heavy atom. The molecule has 0 unspecified atom stereocenters. The fourth-order valence-corrected chi connectivity index (χ4v) is 3.29. The predicted molar refractivity (Wildman–Crippen MR) is 97.9 cm³/mol. The van der Waals surface area contributed by atoms with Gasteiger partial charge in [0.2, 0.25) is 5.91 Å². The maximum atomic E-state index is 12.8. The molecule has 1 aromatic carbocycles. The van der Waals surface area contributed by atoms with Crippen LogP contribution in [-0.4, -0.2) is 47.9 Å². The van der Waals surface area contributed by atoms with Crippen LogP contribution < -0.4 is 0 Å². The lowest BCUT2D eigenvalue weighted by Gasteiger charge is -2.35. The number of aromatic nitrogens is 1. The molecule has 0 saturated carbocycles. The summed E-state index contributed by atoms with van der Waals surface area (Å²) in [6.45, 7) is 8.21. The number of carbonyl (C=O) groups is 1. The molecule has 0 spiro atoms. The highest BCUT2D eigenvalue weighted by atomic mass is 32.2. The minimum atomic E-state index is -3.12. The number of hydrogen-bond donors (Lipinski definition) is 0. The monoisotopic (exact) mass is 350 g/mol. The van der Waals surface area contributed by atoms with Crippen LogP contribution in [0.1, 0.15) is 26.3 Å². The summed E-state index contributed by atoms with van der Waals surface area (Å²) in [4.78, 5) is 14.4. The van der Waals surface area contributed by atoms with Crippen molar-refractivity contribution in [2.75, 3.05) is 18.6 Å². The third kappa shape index (κ3) is 4.60. The highest BCUT2D eigenvalue weighted by Gasteiger charge is 2.27. The van der Waals surface area contributed by atoms with Gasteiger partial charge in [-0.3, -0.25) is 4.79 Å². The van der Waals surface area contributed by atoms with Gasteiger partial charge in [0.05, 0.1) is 5.75 Å². The van der Waals surface area contributed by atoms with Crippen LogP contribution in [0.2, 0.25) is 0 Å². The van der Waals surface area contributed by atoms with Gasteiger partial charge in [0.1, 0.15) is 16.4 Å². The smallest absolute Gasteiger partial charge is 0.242 e. The third-order valence-electron chi connectivity index (χ3n) is 4.03. The van der Waals surface area contributed by atoms with Gasteiger partial charge in [-0.15, -0.1) is 0 Å². The van der Waals surface area contributed by atoms with Gasteiger partial charge in [0, 0.05) is 30.1 Å². The molecule has 0 aliphatic carbocycles. The second kappa shape index (κ2) is 6.59. The van der Waals surface area contributed by atoms with Crippen LogP contribution in [-0.2, 0) is 21.2 Å². The van der Waals surface area contributed by atoms with Crippen LogP contribution in [0, 0.1) is 6.92 Å². The van der Waals surface area contributed by atoms with E-state index >= 15 is 0 Å². The molecule has 132 valence electrons. The Kier molecular flexibility index (Phi) is 5.08.